The molecule has 0 fully saturated rings. The number of nitrogens with zero attached hydrogens (tertiary/aromatic N) is 1. The van der Waals surface area contributed by atoms with Gasteiger partial charge in [-0.3, -0.25) is 10.2 Å². The highest BCUT2D eigenvalue weighted by molar-refractivity contribution is 5.68. The van der Waals surface area contributed by atoms with Crippen molar-refractivity contribution in [2.45, 2.75) is 0 Å². The minimum Gasteiger partial charge on any atom is -0.480 e. The van der Waals surface area contributed by atoms with Crippen LogP contribution in [0.3, 0.4) is 0 Å². The van der Waals surface area contributed by atoms with E-state index in [9.17, 15) is 4.79 Å². The van der Waals surface area contributed by atoms with Gasteiger partial charge in [-0.1, -0.05) is 12.2 Å². The van der Waals surface area contributed by atoms with Crippen molar-refractivity contribution in [3.05, 3.63) is 25.3 Å². The second kappa shape index (κ2) is 6.57. The summed E-state index contributed by atoms with van der Waals surface area (Å²) in [5, 5.41) is 10.0. The number of aliphatic carboxylic acids is 1. The van der Waals surface area contributed by atoms with Crippen LogP contribution in [-0.4, -0.2) is 35.7 Å². The van der Waals surface area contributed by atoms with Gasteiger partial charge in [-0.25, -0.2) is 5.01 Å². The Morgan fingerprint density at radius 2 is 2.17 bits per heavy atom. The molecule has 2 N–H and O–H groups in total. The van der Waals surface area contributed by atoms with E-state index in [2.05, 4.69) is 18.6 Å². The number of hydrazine groups is 1. The highest BCUT2D eigenvalue weighted by atomic mass is 16.4. The highest BCUT2D eigenvalue weighted by Crippen LogP contribution is 1.82. The molecule has 0 aromatic carbocycles. The zero-order valence-electron chi connectivity index (χ0n) is 6.99. The molecule has 0 aliphatic carbocycles. The van der Waals surface area contributed by atoms with Crippen LogP contribution in [0, 0.1) is 0 Å². The molecule has 0 aliphatic heterocycles. The van der Waals surface area contributed by atoms with Crippen molar-refractivity contribution in [1.82, 2.24) is 10.4 Å². The van der Waals surface area contributed by atoms with Gasteiger partial charge in [0.1, 0.15) is 6.54 Å². The summed E-state index contributed by atoms with van der Waals surface area (Å²) < 4.78 is 0. The Morgan fingerprint density at radius 3 is 2.58 bits per heavy atom. The molecule has 12 heavy (non-hydrogen) atoms. The molecule has 68 valence electrons. The summed E-state index contributed by atoms with van der Waals surface area (Å²) in [5.74, 6) is -0.867. The lowest BCUT2D eigenvalue weighted by atomic mass is 10.5. The van der Waals surface area contributed by atoms with Gasteiger partial charge < -0.3 is 5.11 Å². The van der Waals surface area contributed by atoms with Gasteiger partial charge in [-0.15, -0.1) is 13.2 Å². The first-order chi connectivity index (χ1) is 5.70. The summed E-state index contributed by atoms with van der Waals surface area (Å²) in [4.78, 5) is 10.3. The third kappa shape index (κ3) is 5.64. The first kappa shape index (κ1) is 10.9. The number of carboxylic acid groups (broad SMARTS) is 1. The molecule has 0 bridgehead atoms. The van der Waals surface area contributed by atoms with E-state index in [1.807, 2.05) is 0 Å². The fraction of sp³-hybridized carbons (Fsp3) is 0.375. The Hall–Kier alpha value is -1.13. The second-order valence-corrected chi connectivity index (χ2v) is 2.21. The van der Waals surface area contributed by atoms with Gasteiger partial charge in [0.2, 0.25) is 0 Å². The molecule has 0 aromatic rings. The van der Waals surface area contributed by atoms with Crippen LogP contribution in [0.15, 0.2) is 25.3 Å². The van der Waals surface area contributed by atoms with Crippen LogP contribution in [0.4, 0.5) is 0 Å². The first-order valence-corrected chi connectivity index (χ1v) is 3.62. The van der Waals surface area contributed by atoms with Crippen LogP contribution in [0.1, 0.15) is 0 Å². The minimum atomic E-state index is -0.867. The van der Waals surface area contributed by atoms with E-state index in [0.29, 0.717) is 13.1 Å². The number of carbonyl (C=O) groups is 1. The van der Waals surface area contributed by atoms with Gasteiger partial charge in [-0.05, 0) is 0 Å². The second-order valence-electron chi connectivity index (χ2n) is 2.21. The van der Waals surface area contributed by atoms with Crippen molar-refractivity contribution >= 4 is 5.97 Å². The van der Waals surface area contributed by atoms with Gasteiger partial charge in [0.05, 0.1) is 0 Å². The number of rotatable bonds is 7. The summed E-state index contributed by atoms with van der Waals surface area (Å²) in [6.45, 7) is 8.04. The average Bonchev–Trinajstić information content (AvgIpc) is 2.00. The summed E-state index contributed by atoms with van der Waals surface area (Å²) in [7, 11) is 0. The van der Waals surface area contributed by atoms with Gasteiger partial charge in [0.15, 0.2) is 0 Å². The maximum atomic E-state index is 10.3. The molecule has 4 nitrogen and oxygen atoms in total. The van der Waals surface area contributed by atoms with Crippen molar-refractivity contribution < 1.29 is 9.90 Å². The van der Waals surface area contributed by atoms with Crippen LogP contribution >= 0.6 is 0 Å². The molecule has 0 atom stereocenters. The quantitative estimate of drug-likeness (QED) is 0.425. The lowest BCUT2D eigenvalue weighted by Gasteiger charge is -2.18. The van der Waals surface area contributed by atoms with E-state index in [-0.39, 0.29) is 6.54 Å². The topological polar surface area (TPSA) is 52.6 Å². The zero-order chi connectivity index (χ0) is 9.40. The normalized spacial score (nSPS) is 9.75. The molecular formula is C8H14N2O2. The van der Waals surface area contributed by atoms with Gasteiger partial charge in [-0.2, -0.15) is 0 Å². The third-order valence-corrected chi connectivity index (χ3v) is 1.13. The maximum absolute atomic E-state index is 10.3. The summed E-state index contributed by atoms with van der Waals surface area (Å²) in [6.07, 6.45) is 3.30. The van der Waals surface area contributed by atoms with Crippen molar-refractivity contribution in [3.63, 3.8) is 0 Å². The van der Waals surface area contributed by atoms with Crippen molar-refractivity contribution in [2.24, 2.45) is 0 Å². The predicted octanol–water partition coefficient (Wildman–Crippen LogP) is 0.250. The van der Waals surface area contributed by atoms with Crippen molar-refractivity contribution in [2.75, 3.05) is 19.6 Å². The molecule has 4 heteroatoms. The number of nitrogens with one attached hydrogen (secondary N) is 1. The standard InChI is InChI=1S/C8H14N2O2/c1-3-5-9-10(6-4-2)7-8(11)12/h3-4,9H,1-2,5-7H2,(H,11,12). The van der Waals surface area contributed by atoms with Crippen molar-refractivity contribution in [1.29, 1.82) is 0 Å². The Kier molecular flexibility index (Phi) is 5.95. The van der Waals surface area contributed by atoms with E-state index < -0.39 is 5.97 Å². The monoisotopic (exact) mass is 170 g/mol. The van der Waals surface area contributed by atoms with E-state index in [0.717, 1.165) is 0 Å². The largest absolute Gasteiger partial charge is 0.480 e. The Labute approximate surface area is 72.2 Å². The number of hydrogen-bond acceptors (Lipinski definition) is 3. The molecule has 0 spiro atoms. The van der Waals surface area contributed by atoms with Crippen LogP contribution in [0.5, 0.6) is 0 Å². The lowest BCUT2D eigenvalue weighted by molar-refractivity contribution is -0.138. The lowest BCUT2D eigenvalue weighted by Crippen LogP contribution is -2.41. The van der Waals surface area contributed by atoms with Crippen LogP contribution < -0.4 is 5.43 Å². The summed E-state index contributed by atoms with van der Waals surface area (Å²) in [5.41, 5.74) is 2.86. The van der Waals surface area contributed by atoms with Crippen LogP contribution in [-0.2, 0) is 4.79 Å². The predicted molar refractivity (Wildman–Crippen MR) is 47.6 cm³/mol. The van der Waals surface area contributed by atoms with Gasteiger partial charge >= 0.3 is 5.97 Å². The molecule has 0 radical (unpaired) electrons. The van der Waals surface area contributed by atoms with Gasteiger partial charge in [0.25, 0.3) is 0 Å². The van der Waals surface area contributed by atoms with E-state index in [4.69, 9.17) is 5.11 Å². The molecule has 0 rings (SSSR count). The molecule has 0 saturated carbocycles. The molecule has 0 unspecified atom stereocenters. The maximum Gasteiger partial charge on any atom is 0.319 e. The molecule has 0 saturated heterocycles. The smallest absolute Gasteiger partial charge is 0.319 e. The molecule has 0 aliphatic rings. The van der Waals surface area contributed by atoms with Crippen LogP contribution in [0.2, 0.25) is 0 Å². The van der Waals surface area contributed by atoms with Crippen molar-refractivity contribution in [3.8, 4) is 0 Å². The zero-order valence-corrected chi connectivity index (χ0v) is 6.99. The average molecular weight is 170 g/mol. The van der Waals surface area contributed by atoms with Gasteiger partial charge in [0, 0.05) is 13.1 Å². The fourth-order valence-electron chi connectivity index (χ4n) is 0.698. The van der Waals surface area contributed by atoms with E-state index in [1.54, 1.807) is 17.2 Å². The third-order valence-electron chi connectivity index (χ3n) is 1.13. The first-order valence-electron chi connectivity index (χ1n) is 3.62. The number of carboxylic acids is 1. The summed E-state index contributed by atoms with van der Waals surface area (Å²) >= 11 is 0. The SMILES string of the molecule is C=CCNN(CC=C)CC(=O)O. The molecule has 0 heterocycles. The van der Waals surface area contributed by atoms with Crippen LogP contribution in [0.25, 0.3) is 0 Å². The minimum absolute atomic E-state index is 0.0418. The Morgan fingerprint density at radius 1 is 1.50 bits per heavy atom. The molecular weight excluding hydrogens is 156 g/mol. The Balaban J connectivity index is 3.75. The van der Waals surface area contributed by atoms with E-state index >= 15 is 0 Å². The highest BCUT2D eigenvalue weighted by Gasteiger charge is 2.05. The molecule has 0 aromatic heterocycles. The summed E-state index contributed by atoms with van der Waals surface area (Å²) in [6, 6.07) is 0. The fourth-order valence-corrected chi connectivity index (χ4v) is 0.698. The Bertz CT molecular complexity index is 168. The van der Waals surface area contributed by atoms with E-state index in [1.165, 1.54) is 0 Å². The number of hydrogen-bond donors (Lipinski definition) is 2. The molecule has 0 amide bonds.